The fourth-order valence-electron chi connectivity index (χ4n) is 1.82. The number of nitrogens with two attached hydrogens (primary N) is 1. The largest absolute Gasteiger partial charge is 0.374 e. The summed E-state index contributed by atoms with van der Waals surface area (Å²) in [5, 5.41) is 13.3. The third-order valence-corrected chi connectivity index (χ3v) is 4.64. The summed E-state index contributed by atoms with van der Waals surface area (Å²) in [7, 11) is 0. The molecule has 0 fully saturated rings. The van der Waals surface area contributed by atoms with Gasteiger partial charge in [-0.25, -0.2) is 4.68 Å². The Labute approximate surface area is 138 Å². The first-order valence-corrected chi connectivity index (χ1v) is 8.31. The van der Waals surface area contributed by atoms with Crippen molar-refractivity contribution in [3.63, 3.8) is 0 Å². The maximum absolute atomic E-state index is 11.9. The van der Waals surface area contributed by atoms with E-state index in [1.807, 2.05) is 18.2 Å². The van der Waals surface area contributed by atoms with Crippen LogP contribution in [0.3, 0.4) is 0 Å². The molecule has 10 heteroatoms. The molecule has 118 valence electrons. The predicted octanol–water partition coefficient (Wildman–Crippen LogP) is 1.33. The van der Waals surface area contributed by atoms with Gasteiger partial charge in [0.15, 0.2) is 4.34 Å². The van der Waals surface area contributed by atoms with Crippen LogP contribution in [0.2, 0.25) is 0 Å². The minimum atomic E-state index is -0.259. The quantitative estimate of drug-likeness (QED) is 0.599. The summed E-state index contributed by atoms with van der Waals surface area (Å²) in [6.07, 6.45) is 0. The Hall–Kier alpha value is -2.59. The number of benzene rings is 1. The Balaban J connectivity index is 1.64. The van der Waals surface area contributed by atoms with E-state index in [0.29, 0.717) is 21.0 Å². The van der Waals surface area contributed by atoms with Gasteiger partial charge in [0.2, 0.25) is 11.0 Å². The molecule has 0 radical (unpaired) electrons. The SMILES string of the molecule is Nc1nnc(SCC(=O)Nc2cc(=O)n(-c3ccccc3)[nH]2)s1. The number of carbonyl (C=O) groups excluding carboxylic acids is 1. The summed E-state index contributed by atoms with van der Waals surface area (Å²) in [5.74, 6) is 0.221. The lowest BCUT2D eigenvalue weighted by molar-refractivity contribution is -0.113. The summed E-state index contributed by atoms with van der Waals surface area (Å²) in [4.78, 5) is 23.9. The number of carbonyl (C=O) groups is 1. The number of rotatable bonds is 5. The van der Waals surface area contributed by atoms with E-state index in [0.717, 1.165) is 0 Å². The molecule has 1 amide bonds. The molecule has 3 rings (SSSR count). The number of nitrogens with one attached hydrogen (secondary N) is 2. The second-order valence-corrected chi connectivity index (χ2v) is 6.65. The molecule has 0 bridgehead atoms. The number of nitrogens with zero attached hydrogens (tertiary/aromatic N) is 3. The average molecular weight is 348 g/mol. The molecule has 0 atom stereocenters. The van der Waals surface area contributed by atoms with Crippen molar-refractivity contribution in [3.8, 4) is 5.69 Å². The first kappa shape index (κ1) is 15.3. The number of para-hydroxylation sites is 1. The summed E-state index contributed by atoms with van der Waals surface area (Å²) in [6, 6.07) is 10.4. The Morgan fingerprint density at radius 1 is 1.35 bits per heavy atom. The van der Waals surface area contributed by atoms with E-state index in [9.17, 15) is 9.59 Å². The lowest BCUT2D eigenvalue weighted by Crippen LogP contribution is -2.15. The molecule has 0 saturated heterocycles. The highest BCUT2D eigenvalue weighted by Gasteiger charge is 2.10. The highest BCUT2D eigenvalue weighted by molar-refractivity contribution is 8.01. The van der Waals surface area contributed by atoms with E-state index in [2.05, 4.69) is 20.6 Å². The van der Waals surface area contributed by atoms with Gasteiger partial charge in [0.05, 0.1) is 11.4 Å². The molecule has 2 aromatic heterocycles. The zero-order valence-corrected chi connectivity index (χ0v) is 13.4. The van der Waals surface area contributed by atoms with Gasteiger partial charge in [-0.3, -0.25) is 14.7 Å². The molecule has 0 aliphatic rings. The number of anilines is 2. The zero-order valence-electron chi connectivity index (χ0n) is 11.7. The van der Waals surface area contributed by atoms with Crippen LogP contribution < -0.4 is 16.6 Å². The summed E-state index contributed by atoms with van der Waals surface area (Å²) in [5.41, 5.74) is 5.91. The van der Waals surface area contributed by atoms with Crippen molar-refractivity contribution >= 4 is 40.0 Å². The van der Waals surface area contributed by atoms with Crippen molar-refractivity contribution in [1.29, 1.82) is 0 Å². The van der Waals surface area contributed by atoms with Gasteiger partial charge in [-0.2, -0.15) is 0 Å². The Kier molecular flexibility index (Phi) is 4.44. The summed E-state index contributed by atoms with van der Waals surface area (Å²) >= 11 is 2.45. The highest BCUT2D eigenvalue weighted by atomic mass is 32.2. The van der Waals surface area contributed by atoms with Crippen molar-refractivity contribution in [2.45, 2.75) is 4.34 Å². The van der Waals surface area contributed by atoms with E-state index in [1.165, 1.54) is 33.8 Å². The van der Waals surface area contributed by atoms with Crippen LogP contribution in [0, 0.1) is 0 Å². The number of hydrogen-bond donors (Lipinski definition) is 3. The smallest absolute Gasteiger partial charge is 0.273 e. The van der Waals surface area contributed by atoms with E-state index in [4.69, 9.17) is 5.73 Å². The van der Waals surface area contributed by atoms with Gasteiger partial charge in [-0.05, 0) is 12.1 Å². The Morgan fingerprint density at radius 3 is 2.83 bits per heavy atom. The highest BCUT2D eigenvalue weighted by Crippen LogP contribution is 2.23. The number of aromatic amines is 1. The van der Waals surface area contributed by atoms with Gasteiger partial charge in [0, 0.05) is 6.07 Å². The number of aromatic nitrogens is 4. The number of H-pyrrole nitrogens is 1. The summed E-state index contributed by atoms with van der Waals surface area (Å²) < 4.78 is 1.97. The van der Waals surface area contributed by atoms with Crippen LogP contribution in [0.1, 0.15) is 0 Å². The van der Waals surface area contributed by atoms with Crippen molar-refractivity contribution in [2.75, 3.05) is 16.8 Å². The molecule has 0 unspecified atom stereocenters. The van der Waals surface area contributed by atoms with Crippen molar-refractivity contribution < 1.29 is 4.79 Å². The van der Waals surface area contributed by atoms with Crippen LogP contribution in [-0.4, -0.2) is 31.6 Å². The third-order valence-electron chi connectivity index (χ3n) is 2.76. The Morgan fingerprint density at radius 2 is 2.13 bits per heavy atom. The average Bonchev–Trinajstić information content (AvgIpc) is 3.12. The molecular weight excluding hydrogens is 336 g/mol. The maximum Gasteiger partial charge on any atom is 0.273 e. The number of amides is 1. The zero-order chi connectivity index (χ0) is 16.2. The van der Waals surface area contributed by atoms with Crippen LogP contribution in [-0.2, 0) is 4.79 Å². The van der Waals surface area contributed by atoms with Crippen molar-refractivity contribution in [3.05, 3.63) is 46.8 Å². The van der Waals surface area contributed by atoms with Gasteiger partial charge in [-0.1, -0.05) is 41.3 Å². The van der Waals surface area contributed by atoms with E-state index < -0.39 is 0 Å². The molecule has 4 N–H and O–H groups in total. The van der Waals surface area contributed by atoms with Crippen LogP contribution >= 0.6 is 23.1 Å². The molecule has 23 heavy (non-hydrogen) atoms. The molecular formula is C13H12N6O2S2. The second kappa shape index (κ2) is 6.67. The normalized spacial score (nSPS) is 10.6. The minimum Gasteiger partial charge on any atom is -0.374 e. The molecule has 8 nitrogen and oxygen atoms in total. The standard InChI is InChI=1S/C13H12N6O2S2/c14-12-16-17-13(23-12)22-7-10(20)15-9-6-11(21)19(18-9)8-4-2-1-3-5-8/h1-6,18H,7H2,(H2,14,16)(H,15,20). The van der Waals surface area contributed by atoms with Gasteiger partial charge < -0.3 is 11.1 Å². The number of nitrogen functional groups attached to an aromatic ring is 1. The molecule has 0 aliphatic heterocycles. The van der Waals surface area contributed by atoms with Crippen LogP contribution in [0.5, 0.6) is 0 Å². The van der Waals surface area contributed by atoms with E-state index >= 15 is 0 Å². The first-order chi connectivity index (χ1) is 11.1. The van der Waals surface area contributed by atoms with Crippen LogP contribution in [0.4, 0.5) is 10.9 Å². The molecule has 0 saturated carbocycles. The van der Waals surface area contributed by atoms with Gasteiger partial charge in [0.25, 0.3) is 5.56 Å². The monoisotopic (exact) mass is 348 g/mol. The van der Waals surface area contributed by atoms with Gasteiger partial charge in [0.1, 0.15) is 5.82 Å². The lowest BCUT2D eigenvalue weighted by atomic mass is 10.3. The number of thioether (sulfide) groups is 1. The van der Waals surface area contributed by atoms with Gasteiger partial charge >= 0.3 is 0 Å². The van der Waals surface area contributed by atoms with Crippen molar-refractivity contribution in [1.82, 2.24) is 20.0 Å². The fraction of sp³-hybridized carbons (Fsp3) is 0.0769. The first-order valence-electron chi connectivity index (χ1n) is 6.51. The third kappa shape index (κ3) is 3.79. The minimum absolute atomic E-state index is 0.146. The fourth-order valence-corrected chi connectivity index (χ4v) is 3.26. The molecule has 0 aliphatic carbocycles. The van der Waals surface area contributed by atoms with E-state index in [-0.39, 0.29) is 17.2 Å². The topological polar surface area (TPSA) is 119 Å². The summed E-state index contributed by atoms with van der Waals surface area (Å²) in [6.45, 7) is 0. The molecule has 1 aromatic carbocycles. The Bertz CT molecular complexity index is 870. The molecule has 0 spiro atoms. The maximum atomic E-state index is 11.9. The van der Waals surface area contributed by atoms with Gasteiger partial charge in [-0.15, -0.1) is 10.2 Å². The van der Waals surface area contributed by atoms with Crippen LogP contribution in [0.25, 0.3) is 5.69 Å². The predicted molar refractivity (Wildman–Crippen MR) is 90.1 cm³/mol. The molecule has 3 aromatic rings. The van der Waals surface area contributed by atoms with Crippen LogP contribution in [0.15, 0.2) is 45.5 Å². The second-order valence-electron chi connectivity index (χ2n) is 4.42. The lowest BCUT2D eigenvalue weighted by Gasteiger charge is -2.03. The molecule has 2 heterocycles. The van der Waals surface area contributed by atoms with Crippen molar-refractivity contribution in [2.24, 2.45) is 0 Å². The van der Waals surface area contributed by atoms with E-state index in [1.54, 1.807) is 12.1 Å². The number of hydrogen-bond acceptors (Lipinski definition) is 7.